The maximum absolute atomic E-state index is 12.1. The molecule has 3 heterocycles. The molecule has 1 saturated heterocycles. The Labute approximate surface area is 127 Å². The van der Waals surface area contributed by atoms with Crippen molar-refractivity contribution < 1.29 is 4.79 Å². The Kier molecular flexibility index (Phi) is 5.18. The molecule has 1 aliphatic heterocycles. The molecule has 9 heteroatoms. The number of halogens is 1. The van der Waals surface area contributed by atoms with Crippen LogP contribution in [-0.4, -0.2) is 50.2 Å². The van der Waals surface area contributed by atoms with Crippen molar-refractivity contribution in [1.29, 1.82) is 0 Å². The fourth-order valence-corrected chi connectivity index (χ4v) is 2.16. The summed E-state index contributed by atoms with van der Waals surface area (Å²) < 4.78 is 1.44. The van der Waals surface area contributed by atoms with Gasteiger partial charge < -0.3 is 10.6 Å². The lowest BCUT2D eigenvalue weighted by Gasteiger charge is -2.23. The van der Waals surface area contributed by atoms with Crippen molar-refractivity contribution in [2.45, 2.75) is 18.9 Å². The van der Waals surface area contributed by atoms with Crippen molar-refractivity contribution in [2.75, 3.05) is 13.1 Å². The van der Waals surface area contributed by atoms with E-state index in [-0.39, 0.29) is 24.4 Å². The Hall–Kier alpha value is -2.06. The molecule has 2 N–H and O–H groups in total. The molecule has 0 saturated carbocycles. The van der Waals surface area contributed by atoms with Gasteiger partial charge in [-0.25, -0.2) is 4.98 Å². The third-order valence-electron chi connectivity index (χ3n) is 3.27. The Bertz CT molecular complexity index is 566. The lowest BCUT2D eigenvalue weighted by molar-refractivity contribution is 0.0929. The number of aromatic nitrogens is 5. The molecule has 21 heavy (non-hydrogen) atoms. The van der Waals surface area contributed by atoms with Gasteiger partial charge in [-0.05, 0) is 48.5 Å². The third kappa shape index (κ3) is 3.73. The van der Waals surface area contributed by atoms with E-state index in [4.69, 9.17) is 0 Å². The summed E-state index contributed by atoms with van der Waals surface area (Å²) in [4.78, 5) is 16.3. The summed E-state index contributed by atoms with van der Waals surface area (Å²) in [7, 11) is 0. The van der Waals surface area contributed by atoms with Crippen molar-refractivity contribution in [3.8, 4) is 5.82 Å². The Morgan fingerprint density at radius 1 is 1.33 bits per heavy atom. The fourth-order valence-electron chi connectivity index (χ4n) is 2.16. The molecule has 112 valence electrons. The molecule has 8 nitrogen and oxygen atoms in total. The summed E-state index contributed by atoms with van der Waals surface area (Å²) >= 11 is 0. The molecule has 0 bridgehead atoms. The summed E-state index contributed by atoms with van der Waals surface area (Å²) in [5.74, 6) is 0.487. The monoisotopic (exact) mass is 309 g/mol. The van der Waals surface area contributed by atoms with Gasteiger partial charge in [0.25, 0.3) is 5.91 Å². The van der Waals surface area contributed by atoms with Crippen LogP contribution in [0, 0.1) is 0 Å². The average molecular weight is 310 g/mol. The molecule has 0 unspecified atom stereocenters. The minimum Gasteiger partial charge on any atom is -0.349 e. The number of carbonyl (C=O) groups excluding carboxylic acids is 1. The largest absolute Gasteiger partial charge is 0.349 e. The smallest absolute Gasteiger partial charge is 0.253 e. The highest BCUT2D eigenvalue weighted by atomic mass is 35.5. The number of tetrazole rings is 1. The number of pyridine rings is 1. The molecule has 2 aromatic rings. The number of carbonyl (C=O) groups is 1. The van der Waals surface area contributed by atoms with E-state index in [0.29, 0.717) is 11.4 Å². The summed E-state index contributed by atoms with van der Waals surface area (Å²) in [5.41, 5.74) is 0.542. The molecule has 1 fully saturated rings. The summed E-state index contributed by atoms with van der Waals surface area (Å²) in [6.07, 6.45) is 4.91. The van der Waals surface area contributed by atoms with Gasteiger partial charge in [0.15, 0.2) is 5.82 Å². The highest BCUT2D eigenvalue weighted by molar-refractivity contribution is 5.94. The first-order valence-electron chi connectivity index (χ1n) is 6.54. The van der Waals surface area contributed by atoms with Crippen LogP contribution in [-0.2, 0) is 0 Å². The van der Waals surface area contributed by atoms with E-state index in [1.54, 1.807) is 12.1 Å². The topological polar surface area (TPSA) is 97.6 Å². The van der Waals surface area contributed by atoms with Gasteiger partial charge in [-0.3, -0.25) is 4.79 Å². The lowest BCUT2D eigenvalue weighted by atomic mass is 10.1. The molecule has 0 aliphatic carbocycles. The van der Waals surface area contributed by atoms with Gasteiger partial charge in [0.05, 0.1) is 5.56 Å². The molecule has 0 radical (unpaired) electrons. The maximum atomic E-state index is 12.1. The Balaban J connectivity index is 0.00000161. The van der Waals surface area contributed by atoms with Crippen LogP contribution in [0.25, 0.3) is 5.82 Å². The lowest BCUT2D eigenvalue weighted by Crippen LogP contribution is -2.42. The first kappa shape index (κ1) is 15.3. The number of hydrogen-bond acceptors (Lipinski definition) is 6. The highest BCUT2D eigenvalue weighted by Crippen LogP contribution is 2.06. The number of piperidine rings is 1. The molecule has 2 aromatic heterocycles. The van der Waals surface area contributed by atoms with Crippen molar-refractivity contribution >= 4 is 18.3 Å². The number of rotatable bonds is 3. The minimum atomic E-state index is -0.0901. The zero-order valence-corrected chi connectivity index (χ0v) is 12.1. The van der Waals surface area contributed by atoms with Gasteiger partial charge >= 0.3 is 0 Å². The number of hydrogen-bond donors (Lipinski definition) is 2. The number of nitrogens with one attached hydrogen (secondary N) is 2. The van der Waals surface area contributed by atoms with Gasteiger partial charge in [0, 0.05) is 12.2 Å². The van der Waals surface area contributed by atoms with Gasteiger partial charge in [-0.2, -0.15) is 4.68 Å². The van der Waals surface area contributed by atoms with Crippen molar-refractivity contribution in [2.24, 2.45) is 0 Å². The number of amides is 1. The molecular formula is C12H16ClN7O. The zero-order valence-electron chi connectivity index (χ0n) is 11.3. The van der Waals surface area contributed by atoms with Crippen LogP contribution < -0.4 is 10.6 Å². The summed E-state index contributed by atoms with van der Waals surface area (Å²) in [6.45, 7) is 1.89. The van der Waals surface area contributed by atoms with Gasteiger partial charge in [0.1, 0.15) is 6.33 Å². The second kappa shape index (κ2) is 7.09. The molecular weight excluding hydrogens is 294 g/mol. The van der Waals surface area contributed by atoms with Crippen LogP contribution in [0.4, 0.5) is 0 Å². The molecule has 1 amide bonds. The SMILES string of the molecule is Cl.O=C(NC1CCNCC1)c1ccc(-n2cnnn2)nc1. The molecule has 0 atom stereocenters. The minimum absolute atomic E-state index is 0. The first-order chi connectivity index (χ1) is 9.83. The Morgan fingerprint density at radius 3 is 2.76 bits per heavy atom. The zero-order chi connectivity index (χ0) is 13.8. The summed E-state index contributed by atoms with van der Waals surface area (Å²) in [5, 5.41) is 17.1. The Morgan fingerprint density at radius 2 is 2.14 bits per heavy atom. The molecule has 0 spiro atoms. The van der Waals surface area contributed by atoms with Crippen LogP contribution in [0.1, 0.15) is 23.2 Å². The van der Waals surface area contributed by atoms with Crippen molar-refractivity contribution in [3.05, 3.63) is 30.2 Å². The van der Waals surface area contributed by atoms with Gasteiger partial charge in [0.2, 0.25) is 0 Å². The molecule has 1 aliphatic rings. The predicted molar refractivity (Wildman–Crippen MR) is 77.6 cm³/mol. The summed E-state index contributed by atoms with van der Waals surface area (Å²) in [6, 6.07) is 3.68. The van der Waals surface area contributed by atoms with Gasteiger partial charge in [-0.15, -0.1) is 17.5 Å². The highest BCUT2D eigenvalue weighted by Gasteiger charge is 2.16. The van der Waals surface area contributed by atoms with E-state index < -0.39 is 0 Å². The van der Waals surface area contributed by atoms with Crippen molar-refractivity contribution in [3.63, 3.8) is 0 Å². The van der Waals surface area contributed by atoms with Crippen molar-refractivity contribution in [1.82, 2.24) is 35.8 Å². The van der Waals surface area contributed by atoms with E-state index in [1.807, 2.05) is 0 Å². The first-order valence-corrected chi connectivity index (χ1v) is 6.54. The predicted octanol–water partition coefficient (Wildman–Crippen LogP) is -0.0391. The molecule has 0 aromatic carbocycles. The van der Waals surface area contributed by atoms with E-state index in [2.05, 4.69) is 31.1 Å². The van der Waals surface area contributed by atoms with E-state index in [1.165, 1.54) is 17.2 Å². The van der Waals surface area contributed by atoms with Crippen LogP contribution in [0.15, 0.2) is 24.7 Å². The fraction of sp³-hybridized carbons (Fsp3) is 0.417. The standard InChI is InChI=1S/C12H15N7O.ClH/c20-12(16-10-3-5-13-6-4-10)9-1-2-11(14-7-9)19-8-15-17-18-19;/h1-2,7-8,10,13H,3-6H2,(H,16,20);1H. The second-order valence-electron chi connectivity index (χ2n) is 4.66. The third-order valence-corrected chi connectivity index (χ3v) is 3.27. The maximum Gasteiger partial charge on any atom is 0.253 e. The van der Waals surface area contributed by atoms with E-state index in [0.717, 1.165) is 25.9 Å². The van der Waals surface area contributed by atoms with Crippen LogP contribution in [0.2, 0.25) is 0 Å². The van der Waals surface area contributed by atoms with Crippen LogP contribution >= 0.6 is 12.4 Å². The number of nitrogens with zero attached hydrogens (tertiary/aromatic N) is 5. The molecule has 3 rings (SSSR count). The van der Waals surface area contributed by atoms with E-state index >= 15 is 0 Å². The van der Waals surface area contributed by atoms with Crippen LogP contribution in [0.5, 0.6) is 0 Å². The van der Waals surface area contributed by atoms with Gasteiger partial charge in [-0.1, -0.05) is 0 Å². The van der Waals surface area contributed by atoms with E-state index in [9.17, 15) is 4.79 Å². The quantitative estimate of drug-likeness (QED) is 0.826. The van der Waals surface area contributed by atoms with Crippen LogP contribution in [0.3, 0.4) is 0 Å². The second-order valence-corrected chi connectivity index (χ2v) is 4.66. The average Bonchev–Trinajstić information content (AvgIpc) is 3.03. The normalized spacial score (nSPS) is 15.2.